The van der Waals surface area contributed by atoms with Crippen LogP contribution in [0.25, 0.3) is 10.9 Å². The zero-order chi connectivity index (χ0) is 23.3. The van der Waals surface area contributed by atoms with Crippen molar-refractivity contribution in [3.63, 3.8) is 0 Å². The highest BCUT2D eigenvalue weighted by molar-refractivity contribution is 6.30. The van der Waals surface area contributed by atoms with E-state index < -0.39 is 11.9 Å². The first kappa shape index (κ1) is 21.6. The zero-order valence-corrected chi connectivity index (χ0v) is 18.7. The number of piperidine rings is 1. The lowest BCUT2D eigenvalue weighted by Crippen LogP contribution is -2.49. The number of nitrogens with one attached hydrogen (secondary N) is 1. The summed E-state index contributed by atoms with van der Waals surface area (Å²) >= 11 is 5.82. The Bertz CT molecular complexity index is 1290. The van der Waals surface area contributed by atoms with E-state index in [1.54, 1.807) is 46.3 Å². The first-order chi connectivity index (χ1) is 15.8. The number of rotatable bonds is 6. The van der Waals surface area contributed by atoms with Crippen molar-refractivity contribution in [3.8, 4) is 0 Å². The lowest BCUT2D eigenvalue weighted by atomic mass is 10.1. The average molecular weight is 469 g/mol. The molecule has 9 heteroatoms. The molecule has 3 aromatic rings. The van der Waals surface area contributed by atoms with Crippen LogP contribution in [0, 0.1) is 17.7 Å². The first-order valence-electron chi connectivity index (χ1n) is 10.8. The maximum Gasteiger partial charge on any atom is 0.243 e. The van der Waals surface area contributed by atoms with Crippen molar-refractivity contribution in [1.82, 2.24) is 19.8 Å². The van der Waals surface area contributed by atoms with Gasteiger partial charge in [0.15, 0.2) is 5.78 Å². The molecule has 2 aliphatic rings. The van der Waals surface area contributed by atoms with Gasteiger partial charge in [0.2, 0.25) is 11.8 Å². The van der Waals surface area contributed by atoms with Crippen LogP contribution in [0.3, 0.4) is 0 Å². The SMILES string of the molecule is CC(=O)c1cn(CC(=O)N2C[C@H]3C[C@H]3[C@H]2C(=O)NCc2cccc(Cl)c2F)c2ccncc12. The highest BCUT2D eigenvalue weighted by atomic mass is 35.5. The fraction of sp³-hybridized carbons (Fsp3) is 0.333. The maximum absolute atomic E-state index is 14.2. The summed E-state index contributed by atoms with van der Waals surface area (Å²) in [6.07, 6.45) is 5.80. The van der Waals surface area contributed by atoms with Gasteiger partial charge in [-0.05, 0) is 37.3 Å². The number of carbonyl (C=O) groups is 3. The molecule has 1 aliphatic carbocycles. The van der Waals surface area contributed by atoms with E-state index in [4.69, 9.17) is 11.6 Å². The maximum atomic E-state index is 14.2. The molecule has 1 aromatic carbocycles. The Balaban J connectivity index is 1.32. The minimum atomic E-state index is -0.583. The highest BCUT2D eigenvalue weighted by Gasteiger charge is 2.56. The van der Waals surface area contributed by atoms with Crippen LogP contribution in [0.1, 0.15) is 29.3 Å². The number of nitrogens with zero attached hydrogens (tertiary/aromatic N) is 3. The van der Waals surface area contributed by atoms with Gasteiger partial charge in [-0.2, -0.15) is 0 Å². The molecule has 33 heavy (non-hydrogen) atoms. The van der Waals surface area contributed by atoms with Gasteiger partial charge in [-0.25, -0.2) is 4.39 Å². The van der Waals surface area contributed by atoms with E-state index in [0.29, 0.717) is 29.0 Å². The van der Waals surface area contributed by atoms with Gasteiger partial charge in [-0.15, -0.1) is 0 Å². The number of aromatic nitrogens is 2. The van der Waals surface area contributed by atoms with E-state index in [1.165, 1.54) is 13.0 Å². The van der Waals surface area contributed by atoms with E-state index in [0.717, 1.165) is 11.9 Å². The second-order valence-electron chi connectivity index (χ2n) is 8.70. The molecule has 0 spiro atoms. The molecule has 1 aliphatic heterocycles. The van der Waals surface area contributed by atoms with Gasteiger partial charge in [0.25, 0.3) is 0 Å². The van der Waals surface area contributed by atoms with Crippen LogP contribution in [-0.2, 0) is 22.7 Å². The predicted octanol–water partition coefficient (Wildman–Crippen LogP) is 3.19. The van der Waals surface area contributed by atoms with Crippen LogP contribution in [0.2, 0.25) is 5.02 Å². The summed E-state index contributed by atoms with van der Waals surface area (Å²) in [6.45, 7) is 2.01. The van der Waals surface area contributed by atoms with Crippen LogP contribution in [0.4, 0.5) is 4.39 Å². The molecule has 170 valence electrons. The van der Waals surface area contributed by atoms with Crippen LogP contribution in [-0.4, -0.2) is 44.6 Å². The molecule has 1 saturated carbocycles. The molecule has 1 N–H and O–H groups in total. The third kappa shape index (κ3) is 3.88. The molecule has 3 atom stereocenters. The van der Waals surface area contributed by atoms with Crippen LogP contribution in [0.5, 0.6) is 0 Å². The minimum absolute atomic E-state index is 0.000700. The summed E-state index contributed by atoms with van der Waals surface area (Å²) in [5, 5.41) is 3.47. The number of ketones is 1. The van der Waals surface area contributed by atoms with Gasteiger partial charge in [0, 0.05) is 48.2 Å². The second-order valence-corrected chi connectivity index (χ2v) is 9.11. The largest absolute Gasteiger partial charge is 0.350 e. The molecule has 2 amide bonds. The number of Topliss-reactive ketones (excluding diaryl/α,β-unsaturated/α-hetero) is 1. The summed E-state index contributed by atoms with van der Waals surface area (Å²) in [5.74, 6) is -0.716. The standard InChI is InChI=1S/C24H22ClFN4O3/c1-13(31)18-11-29(20-5-6-27-9-17(18)20)12-21(32)30-10-15-7-16(15)23(30)24(33)28-8-14-3-2-4-19(25)22(14)26/h2-6,9,11,15-16,23H,7-8,10,12H2,1H3,(H,28,33)/t15-,16-,23+/m1/s1. The van der Waals surface area contributed by atoms with Crippen molar-refractivity contribution in [3.05, 3.63) is 64.8 Å². The van der Waals surface area contributed by atoms with E-state index in [-0.39, 0.29) is 41.6 Å². The molecule has 2 fully saturated rings. The number of likely N-dealkylation sites (tertiary alicyclic amines) is 1. The van der Waals surface area contributed by atoms with E-state index in [1.807, 2.05) is 0 Å². The fourth-order valence-corrected chi connectivity index (χ4v) is 5.01. The van der Waals surface area contributed by atoms with Crippen molar-refractivity contribution in [1.29, 1.82) is 0 Å². The van der Waals surface area contributed by atoms with Crippen molar-refractivity contribution in [2.24, 2.45) is 11.8 Å². The van der Waals surface area contributed by atoms with Crippen molar-refractivity contribution in [2.75, 3.05) is 6.54 Å². The third-order valence-electron chi connectivity index (χ3n) is 6.59. The monoisotopic (exact) mass is 468 g/mol. The third-order valence-corrected chi connectivity index (χ3v) is 6.88. The van der Waals surface area contributed by atoms with Crippen LogP contribution < -0.4 is 5.32 Å². The molecule has 0 bridgehead atoms. The summed E-state index contributed by atoms with van der Waals surface area (Å²) < 4.78 is 15.9. The lowest BCUT2D eigenvalue weighted by molar-refractivity contribution is -0.140. The Morgan fingerprint density at radius 3 is 2.88 bits per heavy atom. The quantitative estimate of drug-likeness (QED) is 0.563. The topological polar surface area (TPSA) is 84.3 Å². The number of fused-ring (bicyclic) bond motifs is 2. The van der Waals surface area contributed by atoms with Crippen molar-refractivity contribution >= 4 is 40.1 Å². The number of hydrogen-bond donors (Lipinski definition) is 1. The van der Waals surface area contributed by atoms with Gasteiger partial charge in [0.1, 0.15) is 18.4 Å². The molecular formula is C24H22ClFN4O3. The van der Waals surface area contributed by atoms with Crippen LogP contribution >= 0.6 is 11.6 Å². The predicted molar refractivity (Wildman–Crippen MR) is 120 cm³/mol. The molecule has 2 aromatic heterocycles. The molecule has 1 saturated heterocycles. The second kappa shape index (κ2) is 8.26. The Hall–Kier alpha value is -3.26. The first-order valence-corrected chi connectivity index (χ1v) is 11.2. The lowest BCUT2D eigenvalue weighted by Gasteiger charge is -2.27. The van der Waals surface area contributed by atoms with Gasteiger partial charge in [-0.1, -0.05) is 23.7 Å². The summed E-state index contributed by atoms with van der Waals surface area (Å²) in [7, 11) is 0. The number of carbonyl (C=O) groups excluding carboxylic acids is 3. The number of pyridine rings is 1. The van der Waals surface area contributed by atoms with Crippen molar-refractivity contribution < 1.29 is 18.8 Å². The summed E-state index contributed by atoms with van der Waals surface area (Å²) in [4.78, 5) is 44.0. The Morgan fingerprint density at radius 2 is 2.09 bits per heavy atom. The molecule has 0 unspecified atom stereocenters. The number of halogens is 2. The molecular weight excluding hydrogens is 447 g/mol. The Morgan fingerprint density at radius 1 is 1.27 bits per heavy atom. The highest BCUT2D eigenvalue weighted by Crippen LogP contribution is 2.49. The molecule has 7 nitrogen and oxygen atoms in total. The average Bonchev–Trinajstić information content (AvgIpc) is 3.30. The summed E-state index contributed by atoms with van der Waals surface area (Å²) in [6, 6.07) is 5.83. The van der Waals surface area contributed by atoms with Crippen molar-refractivity contribution in [2.45, 2.75) is 32.5 Å². The summed E-state index contributed by atoms with van der Waals surface area (Å²) in [5.41, 5.74) is 1.54. The number of amides is 2. The smallest absolute Gasteiger partial charge is 0.243 e. The minimum Gasteiger partial charge on any atom is -0.350 e. The van der Waals surface area contributed by atoms with E-state index >= 15 is 0 Å². The van der Waals surface area contributed by atoms with Gasteiger partial charge >= 0.3 is 0 Å². The number of hydrogen-bond acceptors (Lipinski definition) is 4. The zero-order valence-electron chi connectivity index (χ0n) is 17.9. The Kier molecular flexibility index (Phi) is 5.40. The molecule has 3 heterocycles. The molecule has 5 rings (SSSR count). The van der Waals surface area contributed by atoms with Gasteiger partial charge < -0.3 is 14.8 Å². The number of benzene rings is 1. The van der Waals surface area contributed by atoms with Gasteiger partial charge in [0.05, 0.1) is 10.5 Å². The molecule has 0 radical (unpaired) electrons. The van der Waals surface area contributed by atoms with Crippen LogP contribution in [0.15, 0.2) is 42.9 Å². The Labute approximate surface area is 194 Å². The van der Waals surface area contributed by atoms with E-state index in [2.05, 4.69) is 10.3 Å². The van der Waals surface area contributed by atoms with Gasteiger partial charge in [-0.3, -0.25) is 19.4 Å². The fourth-order valence-electron chi connectivity index (χ4n) is 4.82. The normalized spacial score (nSPS) is 21.2. The van der Waals surface area contributed by atoms with E-state index in [9.17, 15) is 18.8 Å².